The van der Waals surface area contributed by atoms with Crippen molar-refractivity contribution < 1.29 is 9.53 Å². The molecule has 0 radical (unpaired) electrons. The minimum Gasteiger partial charge on any atom is -0.497 e. The Morgan fingerprint density at radius 2 is 2.00 bits per heavy atom. The molecule has 7 nitrogen and oxygen atoms in total. The molecule has 0 fully saturated rings. The molecule has 2 aromatic carbocycles. The van der Waals surface area contributed by atoms with Crippen molar-refractivity contribution in [2.75, 3.05) is 12.4 Å². The van der Waals surface area contributed by atoms with Crippen molar-refractivity contribution in [3.05, 3.63) is 76.6 Å². The number of ether oxygens (including phenoxy) is 1. The summed E-state index contributed by atoms with van der Waals surface area (Å²) in [5.74, 6) is 0.254. The van der Waals surface area contributed by atoms with E-state index in [4.69, 9.17) is 10.00 Å². The summed E-state index contributed by atoms with van der Waals surface area (Å²) in [7, 11) is 1.57. The zero-order valence-corrected chi connectivity index (χ0v) is 14.5. The summed E-state index contributed by atoms with van der Waals surface area (Å²) in [6.45, 7) is -0.243. The van der Waals surface area contributed by atoms with Gasteiger partial charge in [0.1, 0.15) is 12.3 Å². The predicted octanol–water partition coefficient (Wildman–Crippen LogP) is 2.43. The van der Waals surface area contributed by atoms with E-state index in [-0.39, 0.29) is 12.1 Å². The molecule has 1 amide bonds. The van der Waals surface area contributed by atoms with Crippen molar-refractivity contribution in [2.24, 2.45) is 0 Å². The molecular weight excluding hydrogens is 344 g/mol. The number of methoxy groups -OCH3 is 1. The van der Waals surface area contributed by atoms with Crippen LogP contribution in [0.25, 0.3) is 11.3 Å². The summed E-state index contributed by atoms with van der Waals surface area (Å²) < 4.78 is 6.29. The molecule has 0 aliphatic heterocycles. The van der Waals surface area contributed by atoms with Crippen molar-refractivity contribution in [1.82, 2.24) is 9.78 Å². The van der Waals surface area contributed by atoms with E-state index >= 15 is 0 Å². The molecule has 1 heterocycles. The molecule has 0 aliphatic rings. The Kier molecular flexibility index (Phi) is 5.28. The summed E-state index contributed by atoms with van der Waals surface area (Å²) in [6, 6.07) is 18.8. The molecule has 1 aromatic heterocycles. The van der Waals surface area contributed by atoms with Gasteiger partial charge in [-0.2, -0.15) is 10.4 Å². The zero-order chi connectivity index (χ0) is 19.2. The van der Waals surface area contributed by atoms with Gasteiger partial charge in [0.2, 0.25) is 5.91 Å². The first-order chi connectivity index (χ1) is 13.1. The average Bonchev–Trinajstić information content (AvgIpc) is 2.69. The Morgan fingerprint density at radius 3 is 2.78 bits per heavy atom. The Morgan fingerprint density at radius 1 is 1.19 bits per heavy atom. The number of nitriles is 1. The molecule has 0 unspecified atom stereocenters. The summed E-state index contributed by atoms with van der Waals surface area (Å²) in [4.78, 5) is 24.3. The number of rotatable bonds is 5. The number of nitrogens with one attached hydrogen (secondary N) is 1. The number of amides is 1. The van der Waals surface area contributed by atoms with Gasteiger partial charge in [-0.05, 0) is 36.4 Å². The number of hydrogen-bond donors (Lipinski definition) is 1. The fraction of sp³-hybridized carbons (Fsp3) is 0.100. The van der Waals surface area contributed by atoms with Crippen LogP contribution in [0.5, 0.6) is 5.75 Å². The van der Waals surface area contributed by atoms with Crippen molar-refractivity contribution in [3.8, 4) is 23.1 Å². The van der Waals surface area contributed by atoms with Crippen LogP contribution in [0.15, 0.2) is 65.5 Å². The Hall–Kier alpha value is -3.92. The van der Waals surface area contributed by atoms with Crippen LogP contribution in [0.1, 0.15) is 5.56 Å². The summed E-state index contributed by atoms with van der Waals surface area (Å²) in [5.41, 5.74) is 1.85. The van der Waals surface area contributed by atoms with Crippen molar-refractivity contribution in [2.45, 2.75) is 6.54 Å². The van der Waals surface area contributed by atoms with E-state index in [9.17, 15) is 9.59 Å². The molecule has 7 heteroatoms. The molecule has 0 bridgehead atoms. The molecular formula is C20H16N4O3. The first kappa shape index (κ1) is 17.9. The highest BCUT2D eigenvalue weighted by Crippen LogP contribution is 2.21. The van der Waals surface area contributed by atoms with Crippen LogP contribution in [-0.4, -0.2) is 22.8 Å². The van der Waals surface area contributed by atoms with Crippen LogP contribution in [0, 0.1) is 11.3 Å². The monoisotopic (exact) mass is 360 g/mol. The van der Waals surface area contributed by atoms with E-state index in [0.29, 0.717) is 22.7 Å². The number of aromatic nitrogens is 2. The molecule has 27 heavy (non-hydrogen) atoms. The maximum absolute atomic E-state index is 12.3. The van der Waals surface area contributed by atoms with Crippen LogP contribution in [-0.2, 0) is 11.3 Å². The lowest BCUT2D eigenvalue weighted by molar-refractivity contribution is -0.117. The van der Waals surface area contributed by atoms with E-state index in [2.05, 4.69) is 10.4 Å². The smallest absolute Gasteiger partial charge is 0.267 e. The standard InChI is InChI=1S/C20H16N4O3/c1-27-17-7-3-5-15(11-17)18-8-9-20(26)24(23-18)13-19(25)22-16-6-2-4-14(10-16)12-21/h2-11H,13H2,1H3,(H,22,25). The Bertz CT molecular complexity index is 1080. The van der Waals surface area contributed by atoms with Crippen LogP contribution in [0.4, 0.5) is 5.69 Å². The van der Waals surface area contributed by atoms with Gasteiger partial charge in [-0.15, -0.1) is 0 Å². The Balaban J connectivity index is 1.81. The van der Waals surface area contributed by atoms with Crippen LogP contribution < -0.4 is 15.6 Å². The quantitative estimate of drug-likeness (QED) is 0.754. The normalized spacial score (nSPS) is 10.1. The van der Waals surface area contributed by atoms with Crippen molar-refractivity contribution in [3.63, 3.8) is 0 Å². The van der Waals surface area contributed by atoms with E-state index in [1.165, 1.54) is 6.07 Å². The number of anilines is 1. The van der Waals surface area contributed by atoms with Crippen LogP contribution >= 0.6 is 0 Å². The number of carbonyl (C=O) groups excluding carboxylic acids is 1. The van der Waals surface area contributed by atoms with Gasteiger partial charge in [0, 0.05) is 17.3 Å². The Labute approximate surface area is 155 Å². The van der Waals surface area contributed by atoms with E-state index in [1.807, 2.05) is 24.3 Å². The predicted molar refractivity (Wildman–Crippen MR) is 100 cm³/mol. The van der Waals surface area contributed by atoms with Crippen molar-refractivity contribution in [1.29, 1.82) is 5.26 Å². The fourth-order valence-electron chi connectivity index (χ4n) is 2.50. The van der Waals surface area contributed by atoms with Crippen LogP contribution in [0.2, 0.25) is 0 Å². The van der Waals surface area contributed by atoms with Gasteiger partial charge < -0.3 is 10.1 Å². The van der Waals surface area contributed by atoms with Gasteiger partial charge >= 0.3 is 0 Å². The molecule has 0 atom stereocenters. The summed E-state index contributed by atoms with van der Waals surface area (Å²) in [5, 5.41) is 15.8. The van der Waals surface area contributed by atoms with Crippen LogP contribution in [0.3, 0.4) is 0 Å². The molecule has 1 N–H and O–H groups in total. The number of nitrogens with zero attached hydrogens (tertiary/aromatic N) is 3. The minimum absolute atomic E-state index is 0.243. The second-order valence-electron chi connectivity index (χ2n) is 5.69. The highest BCUT2D eigenvalue weighted by molar-refractivity contribution is 5.90. The van der Waals surface area contributed by atoms with Gasteiger partial charge in [-0.3, -0.25) is 9.59 Å². The number of carbonyl (C=O) groups is 1. The maximum atomic E-state index is 12.3. The third kappa shape index (κ3) is 4.38. The largest absolute Gasteiger partial charge is 0.497 e. The highest BCUT2D eigenvalue weighted by Gasteiger charge is 2.09. The first-order valence-corrected chi connectivity index (χ1v) is 8.11. The summed E-state index contributed by atoms with van der Waals surface area (Å²) in [6.07, 6.45) is 0. The third-order valence-electron chi connectivity index (χ3n) is 3.80. The van der Waals surface area contributed by atoms with Gasteiger partial charge in [0.15, 0.2) is 0 Å². The lowest BCUT2D eigenvalue weighted by atomic mass is 10.1. The van der Waals surface area contributed by atoms with Crippen molar-refractivity contribution >= 4 is 11.6 Å². The second kappa shape index (κ2) is 7.97. The lowest BCUT2D eigenvalue weighted by Gasteiger charge is -2.09. The first-order valence-electron chi connectivity index (χ1n) is 8.11. The molecule has 0 saturated carbocycles. The van der Waals surface area contributed by atoms with Gasteiger partial charge in [-0.25, -0.2) is 4.68 Å². The van der Waals surface area contributed by atoms with Gasteiger partial charge in [0.25, 0.3) is 5.56 Å². The zero-order valence-electron chi connectivity index (χ0n) is 14.5. The van der Waals surface area contributed by atoms with Gasteiger partial charge in [0.05, 0.1) is 24.4 Å². The lowest BCUT2D eigenvalue weighted by Crippen LogP contribution is -2.29. The molecule has 3 aromatic rings. The second-order valence-corrected chi connectivity index (χ2v) is 5.69. The SMILES string of the molecule is COc1cccc(-c2ccc(=O)n(CC(=O)Nc3cccc(C#N)c3)n2)c1. The molecule has 0 aliphatic carbocycles. The third-order valence-corrected chi connectivity index (χ3v) is 3.80. The van der Waals surface area contributed by atoms with Gasteiger partial charge in [-0.1, -0.05) is 18.2 Å². The average molecular weight is 360 g/mol. The fourth-order valence-corrected chi connectivity index (χ4v) is 2.50. The molecule has 134 valence electrons. The summed E-state index contributed by atoms with van der Waals surface area (Å²) >= 11 is 0. The topological polar surface area (TPSA) is 97.0 Å². The molecule has 0 spiro atoms. The molecule has 0 saturated heterocycles. The number of hydrogen-bond acceptors (Lipinski definition) is 5. The highest BCUT2D eigenvalue weighted by atomic mass is 16.5. The van der Waals surface area contributed by atoms with E-state index < -0.39 is 5.91 Å². The minimum atomic E-state index is -0.414. The van der Waals surface area contributed by atoms with E-state index in [1.54, 1.807) is 43.5 Å². The maximum Gasteiger partial charge on any atom is 0.267 e. The molecule has 3 rings (SSSR count). The van der Waals surface area contributed by atoms with E-state index in [0.717, 1.165) is 10.2 Å². The number of benzene rings is 2.